The molecule has 0 atom stereocenters. The number of hydrogen-bond acceptors (Lipinski definition) is 3. The first kappa shape index (κ1) is 13.0. The van der Waals surface area contributed by atoms with Crippen LogP contribution in [0.4, 0.5) is 0 Å². The van der Waals surface area contributed by atoms with Crippen LogP contribution in [-0.2, 0) is 13.6 Å². The van der Waals surface area contributed by atoms with Crippen molar-refractivity contribution in [3.8, 4) is 0 Å². The molecule has 0 aromatic heterocycles. The molecule has 0 fully saturated rings. The molecule has 0 aliphatic rings. The zero-order chi connectivity index (χ0) is 9.23. The molecule has 0 rings (SSSR count). The van der Waals surface area contributed by atoms with Crippen LogP contribution in [0.5, 0.6) is 0 Å². The predicted octanol–water partition coefficient (Wildman–Crippen LogP) is 3.25. The Morgan fingerprint density at radius 1 is 1.00 bits per heavy atom. The lowest BCUT2D eigenvalue weighted by atomic mass is 10.5. The van der Waals surface area contributed by atoms with Crippen LogP contribution in [0.15, 0.2) is 0 Å². The SMILES string of the molecule is O=[P+](OCCCBr)OCCCBr. The molecule has 0 heterocycles. The molecular formula is C6H12Br2O3P+. The standard InChI is InChI=1S/C6H12Br2O3P/c7-3-1-5-10-12(9)11-6-2-4-8/h1-6H2/q+1. The van der Waals surface area contributed by atoms with Crippen molar-refractivity contribution in [2.24, 2.45) is 0 Å². The molecule has 0 amide bonds. The number of halogens is 2. The van der Waals surface area contributed by atoms with Gasteiger partial charge in [0.1, 0.15) is 13.2 Å². The van der Waals surface area contributed by atoms with E-state index < -0.39 is 8.25 Å². The van der Waals surface area contributed by atoms with Crippen LogP contribution in [0.3, 0.4) is 0 Å². The molecule has 72 valence electrons. The van der Waals surface area contributed by atoms with Crippen molar-refractivity contribution in [3.63, 3.8) is 0 Å². The normalized spacial score (nSPS) is 10.2. The van der Waals surface area contributed by atoms with E-state index in [1.807, 2.05) is 0 Å². The summed E-state index contributed by atoms with van der Waals surface area (Å²) in [7, 11) is -1.90. The Bertz CT molecular complexity index is 111. The van der Waals surface area contributed by atoms with Crippen molar-refractivity contribution < 1.29 is 13.6 Å². The fourth-order valence-electron chi connectivity index (χ4n) is 0.425. The maximum absolute atomic E-state index is 10.9. The summed E-state index contributed by atoms with van der Waals surface area (Å²) in [5.41, 5.74) is 0. The Morgan fingerprint density at radius 2 is 1.42 bits per heavy atom. The molecule has 6 heteroatoms. The van der Waals surface area contributed by atoms with E-state index in [0.717, 1.165) is 23.5 Å². The highest BCUT2D eigenvalue weighted by Gasteiger charge is 2.18. The highest BCUT2D eigenvalue weighted by atomic mass is 79.9. The lowest BCUT2D eigenvalue weighted by molar-refractivity contribution is 0.227. The van der Waals surface area contributed by atoms with Gasteiger partial charge in [-0.2, -0.15) is 0 Å². The van der Waals surface area contributed by atoms with Crippen molar-refractivity contribution >= 4 is 40.1 Å². The Balaban J connectivity index is 3.10. The topological polar surface area (TPSA) is 35.5 Å². The first-order valence-corrected chi connectivity index (χ1v) is 7.00. The maximum atomic E-state index is 10.9. The van der Waals surface area contributed by atoms with Gasteiger partial charge in [0, 0.05) is 15.2 Å². The van der Waals surface area contributed by atoms with E-state index in [9.17, 15) is 4.57 Å². The van der Waals surface area contributed by atoms with Gasteiger partial charge in [0.15, 0.2) is 0 Å². The fourth-order valence-corrected chi connectivity index (χ4v) is 1.51. The summed E-state index contributed by atoms with van der Waals surface area (Å²) in [6.07, 6.45) is 1.70. The molecular weight excluding hydrogens is 311 g/mol. The maximum Gasteiger partial charge on any atom is 0.697 e. The summed E-state index contributed by atoms with van der Waals surface area (Å²) in [5, 5.41) is 1.72. The summed E-state index contributed by atoms with van der Waals surface area (Å²) < 4.78 is 20.6. The third kappa shape index (κ3) is 9.07. The van der Waals surface area contributed by atoms with Gasteiger partial charge < -0.3 is 0 Å². The third-order valence-electron chi connectivity index (χ3n) is 0.949. The lowest BCUT2D eigenvalue weighted by Crippen LogP contribution is -1.92. The Morgan fingerprint density at radius 3 is 1.75 bits per heavy atom. The average molecular weight is 323 g/mol. The van der Waals surface area contributed by atoms with Gasteiger partial charge in [0.25, 0.3) is 0 Å². The minimum absolute atomic E-state index is 0.481. The zero-order valence-corrected chi connectivity index (χ0v) is 10.7. The Labute approximate surface area is 90.4 Å². The summed E-state index contributed by atoms with van der Waals surface area (Å²) in [6, 6.07) is 0. The van der Waals surface area contributed by atoms with Gasteiger partial charge in [0.05, 0.1) is 0 Å². The highest BCUT2D eigenvalue weighted by molar-refractivity contribution is 9.09. The number of alkyl halides is 2. The molecule has 0 aliphatic heterocycles. The van der Waals surface area contributed by atoms with Crippen LogP contribution in [0.2, 0.25) is 0 Å². The van der Waals surface area contributed by atoms with E-state index in [1.165, 1.54) is 0 Å². The molecule has 0 saturated heterocycles. The second kappa shape index (κ2) is 10.1. The van der Waals surface area contributed by atoms with E-state index in [1.54, 1.807) is 0 Å². The molecule has 0 aromatic rings. The van der Waals surface area contributed by atoms with E-state index in [-0.39, 0.29) is 0 Å². The van der Waals surface area contributed by atoms with E-state index in [0.29, 0.717) is 13.2 Å². The molecule has 3 nitrogen and oxygen atoms in total. The van der Waals surface area contributed by atoms with Gasteiger partial charge in [0.2, 0.25) is 0 Å². The van der Waals surface area contributed by atoms with Crippen LogP contribution < -0.4 is 0 Å². The molecule has 0 radical (unpaired) electrons. The molecule has 0 aliphatic carbocycles. The van der Waals surface area contributed by atoms with Gasteiger partial charge in [-0.1, -0.05) is 31.9 Å². The fraction of sp³-hybridized carbons (Fsp3) is 1.00. The molecule has 0 N–H and O–H groups in total. The number of hydrogen-bond donors (Lipinski definition) is 0. The summed E-state index contributed by atoms with van der Waals surface area (Å²) in [4.78, 5) is 0. The van der Waals surface area contributed by atoms with Crippen LogP contribution in [0.25, 0.3) is 0 Å². The van der Waals surface area contributed by atoms with Crippen LogP contribution >= 0.6 is 40.1 Å². The number of rotatable bonds is 8. The monoisotopic (exact) mass is 321 g/mol. The molecule has 12 heavy (non-hydrogen) atoms. The van der Waals surface area contributed by atoms with Crippen molar-refractivity contribution in [2.45, 2.75) is 12.8 Å². The first-order chi connectivity index (χ1) is 5.81. The van der Waals surface area contributed by atoms with Gasteiger partial charge >= 0.3 is 8.25 Å². The molecule has 0 aromatic carbocycles. The van der Waals surface area contributed by atoms with Gasteiger partial charge in [-0.15, -0.1) is 9.05 Å². The summed E-state index contributed by atoms with van der Waals surface area (Å²) in [6.45, 7) is 0.962. The van der Waals surface area contributed by atoms with Crippen molar-refractivity contribution in [3.05, 3.63) is 0 Å². The molecule has 0 saturated carbocycles. The van der Waals surface area contributed by atoms with Crippen molar-refractivity contribution in [2.75, 3.05) is 23.9 Å². The Hall–Kier alpha value is 0.980. The van der Waals surface area contributed by atoms with Gasteiger partial charge in [-0.3, -0.25) is 0 Å². The Kier molecular flexibility index (Phi) is 10.9. The van der Waals surface area contributed by atoms with E-state index in [2.05, 4.69) is 31.9 Å². The molecule has 0 bridgehead atoms. The van der Waals surface area contributed by atoms with E-state index in [4.69, 9.17) is 9.05 Å². The molecule has 0 unspecified atom stereocenters. The van der Waals surface area contributed by atoms with Crippen molar-refractivity contribution in [1.29, 1.82) is 0 Å². The predicted molar refractivity (Wildman–Crippen MR) is 56.3 cm³/mol. The van der Waals surface area contributed by atoms with Gasteiger partial charge in [-0.05, 0) is 12.8 Å². The minimum Gasteiger partial charge on any atom is -0.119 e. The zero-order valence-electron chi connectivity index (χ0n) is 6.67. The smallest absolute Gasteiger partial charge is 0.119 e. The first-order valence-electron chi connectivity index (χ1n) is 3.66. The second-order valence-corrected chi connectivity index (χ2v) is 4.52. The summed E-state index contributed by atoms with van der Waals surface area (Å²) in [5.74, 6) is 0. The second-order valence-electron chi connectivity index (χ2n) is 1.98. The average Bonchev–Trinajstić information content (AvgIpc) is 2.06. The third-order valence-corrected chi connectivity index (χ3v) is 2.86. The van der Waals surface area contributed by atoms with Crippen LogP contribution in [0, 0.1) is 0 Å². The highest BCUT2D eigenvalue weighted by Crippen LogP contribution is 2.23. The summed E-state index contributed by atoms with van der Waals surface area (Å²) >= 11 is 6.48. The van der Waals surface area contributed by atoms with E-state index >= 15 is 0 Å². The quantitative estimate of drug-likeness (QED) is 0.391. The minimum atomic E-state index is -1.90. The lowest BCUT2D eigenvalue weighted by Gasteiger charge is -1.89. The van der Waals surface area contributed by atoms with Crippen LogP contribution in [0.1, 0.15) is 12.8 Å². The van der Waals surface area contributed by atoms with Gasteiger partial charge in [-0.25, -0.2) is 0 Å². The largest absolute Gasteiger partial charge is 0.697 e. The van der Waals surface area contributed by atoms with Crippen LogP contribution in [-0.4, -0.2) is 23.9 Å². The molecule has 0 spiro atoms. The van der Waals surface area contributed by atoms with Crippen molar-refractivity contribution in [1.82, 2.24) is 0 Å².